The molecule has 1 atom stereocenters. The Bertz CT molecular complexity index is 840. The van der Waals surface area contributed by atoms with Crippen LogP contribution in [-0.2, 0) is 22.4 Å². The minimum absolute atomic E-state index is 0.173. The van der Waals surface area contributed by atoms with Gasteiger partial charge >= 0.3 is 5.97 Å². The Morgan fingerprint density at radius 3 is 2.21 bits per heavy atom. The highest BCUT2D eigenvalue weighted by Gasteiger charge is 2.42. The van der Waals surface area contributed by atoms with Gasteiger partial charge in [0.15, 0.2) is 0 Å². The van der Waals surface area contributed by atoms with Crippen molar-refractivity contribution in [3.05, 3.63) is 59.7 Å². The molecule has 154 valence electrons. The van der Waals surface area contributed by atoms with Gasteiger partial charge in [-0.05, 0) is 54.7 Å². The molecule has 2 aromatic rings. The lowest BCUT2D eigenvalue weighted by Crippen LogP contribution is -2.49. The minimum Gasteiger partial charge on any atom is -0.497 e. The van der Waals surface area contributed by atoms with Crippen LogP contribution in [0.4, 0.5) is 5.69 Å². The Morgan fingerprint density at radius 1 is 1.07 bits per heavy atom. The van der Waals surface area contributed by atoms with Crippen LogP contribution in [0, 0.1) is 5.41 Å². The number of rotatable bonds is 8. The number of nitrogen functional groups attached to an aromatic ring is 1. The number of benzene rings is 2. The summed E-state index contributed by atoms with van der Waals surface area (Å²) in [4.78, 5) is 25.0. The van der Waals surface area contributed by atoms with Crippen molar-refractivity contribution in [3.63, 3.8) is 0 Å². The SMILES string of the molecule is COc1ccc(CC2(C(=O)NC(Cc3ccc(N)cc3)C(=O)O)CCCC2)cc1. The second kappa shape index (κ2) is 8.99. The Morgan fingerprint density at radius 2 is 1.66 bits per heavy atom. The van der Waals surface area contributed by atoms with Gasteiger partial charge in [0.25, 0.3) is 0 Å². The third-order valence-corrected chi connectivity index (χ3v) is 5.77. The summed E-state index contributed by atoms with van der Waals surface area (Å²) in [5.74, 6) is -0.436. The van der Waals surface area contributed by atoms with Crippen molar-refractivity contribution in [1.82, 2.24) is 5.32 Å². The minimum atomic E-state index is -1.03. The lowest BCUT2D eigenvalue weighted by Gasteiger charge is -2.29. The number of ether oxygens (including phenoxy) is 1. The van der Waals surface area contributed by atoms with Gasteiger partial charge in [-0.2, -0.15) is 0 Å². The molecule has 29 heavy (non-hydrogen) atoms. The van der Waals surface area contributed by atoms with E-state index in [1.54, 1.807) is 31.4 Å². The fourth-order valence-corrected chi connectivity index (χ4v) is 4.07. The Labute approximate surface area is 171 Å². The van der Waals surface area contributed by atoms with Crippen LogP contribution < -0.4 is 15.8 Å². The van der Waals surface area contributed by atoms with Gasteiger partial charge in [-0.15, -0.1) is 0 Å². The molecule has 6 heteroatoms. The van der Waals surface area contributed by atoms with Gasteiger partial charge in [-0.3, -0.25) is 4.79 Å². The Kier molecular flexibility index (Phi) is 6.42. The van der Waals surface area contributed by atoms with Gasteiger partial charge in [0, 0.05) is 12.1 Å². The van der Waals surface area contributed by atoms with Crippen LogP contribution >= 0.6 is 0 Å². The highest BCUT2D eigenvalue weighted by Crippen LogP contribution is 2.41. The molecule has 2 aromatic carbocycles. The van der Waals surface area contributed by atoms with Crippen LogP contribution in [0.15, 0.2) is 48.5 Å². The molecule has 4 N–H and O–H groups in total. The van der Waals surface area contributed by atoms with E-state index in [4.69, 9.17) is 10.5 Å². The first-order chi connectivity index (χ1) is 13.9. The van der Waals surface area contributed by atoms with Crippen molar-refractivity contribution in [1.29, 1.82) is 0 Å². The van der Waals surface area contributed by atoms with Gasteiger partial charge in [0.1, 0.15) is 11.8 Å². The van der Waals surface area contributed by atoms with Gasteiger partial charge in [-0.1, -0.05) is 37.1 Å². The monoisotopic (exact) mass is 396 g/mol. The number of aliphatic carboxylic acids is 1. The third kappa shape index (κ3) is 5.08. The first-order valence-electron chi connectivity index (χ1n) is 9.93. The molecule has 6 nitrogen and oxygen atoms in total. The van der Waals surface area contributed by atoms with E-state index in [1.807, 2.05) is 24.3 Å². The quantitative estimate of drug-likeness (QED) is 0.595. The molecule has 1 aliphatic carbocycles. The van der Waals surface area contributed by atoms with Crippen molar-refractivity contribution in [2.24, 2.45) is 5.41 Å². The molecule has 1 fully saturated rings. The van der Waals surface area contributed by atoms with Gasteiger partial charge in [-0.25, -0.2) is 4.79 Å². The van der Waals surface area contributed by atoms with E-state index in [1.165, 1.54) is 0 Å². The van der Waals surface area contributed by atoms with Crippen molar-refractivity contribution in [3.8, 4) is 5.75 Å². The van der Waals surface area contributed by atoms with Gasteiger partial charge in [0.2, 0.25) is 5.91 Å². The average Bonchev–Trinajstić information content (AvgIpc) is 3.19. The average molecular weight is 396 g/mol. The number of carbonyl (C=O) groups is 2. The normalized spacial score (nSPS) is 16.2. The molecule has 1 aliphatic rings. The molecule has 1 unspecified atom stereocenters. The number of methoxy groups -OCH3 is 1. The zero-order valence-corrected chi connectivity index (χ0v) is 16.7. The number of carboxylic acid groups (broad SMARTS) is 1. The summed E-state index contributed by atoms with van der Waals surface area (Å²) in [5, 5.41) is 12.5. The van der Waals surface area contributed by atoms with Crippen molar-refractivity contribution >= 4 is 17.6 Å². The number of nitrogens with two attached hydrogens (primary N) is 1. The van der Waals surface area contributed by atoms with Crippen LogP contribution in [0.2, 0.25) is 0 Å². The van der Waals surface area contributed by atoms with Crippen molar-refractivity contribution in [2.75, 3.05) is 12.8 Å². The molecule has 3 rings (SSSR count). The van der Waals surface area contributed by atoms with Crippen LogP contribution in [-0.4, -0.2) is 30.1 Å². The van der Waals surface area contributed by atoms with Crippen molar-refractivity contribution < 1.29 is 19.4 Å². The summed E-state index contributed by atoms with van der Waals surface area (Å²) >= 11 is 0. The van der Waals surface area contributed by atoms with Gasteiger partial charge in [0.05, 0.1) is 12.5 Å². The molecule has 0 bridgehead atoms. The predicted molar refractivity (Wildman–Crippen MR) is 112 cm³/mol. The molecular formula is C23H28N2O4. The molecule has 0 spiro atoms. The lowest BCUT2D eigenvalue weighted by molar-refractivity contribution is -0.143. The molecule has 1 saturated carbocycles. The Hall–Kier alpha value is -3.02. The van der Waals surface area contributed by atoms with Crippen LogP contribution in [0.1, 0.15) is 36.8 Å². The first-order valence-corrected chi connectivity index (χ1v) is 9.93. The van der Waals surface area contributed by atoms with E-state index in [-0.39, 0.29) is 12.3 Å². The number of hydrogen-bond donors (Lipinski definition) is 3. The van der Waals surface area contributed by atoms with Crippen LogP contribution in [0.3, 0.4) is 0 Å². The maximum Gasteiger partial charge on any atom is 0.326 e. The third-order valence-electron chi connectivity index (χ3n) is 5.77. The largest absolute Gasteiger partial charge is 0.497 e. The topological polar surface area (TPSA) is 102 Å². The number of anilines is 1. The number of amides is 1. The molecular weight excluding hydrogens is 368 g/mol. The standard InChI is InChI=1S/C23H28N2O4/c1-29-19-10-6-17(7-11-19)15-23(12-2-3-13-23)22(28)25-20(21(26)27)14-16-4-8-18(24)9-5-16/h4-11,20H,2-3,12-15,24H2,1H3,(H,25,28)(H,26,27). The summed E-state index contributed by atoms with van der Waals surface area (Å²) in [6.45, 7) is 0. The summed E-state index contributed by atoms with van der Waals surface area (Å²) in [6, 6.07) is 13.8. The first kappa shape index (κ1) is 20.7. The number of carboxylic acids is 1. The summed E-state index contributed by atoms with van der Waals surface area (Å²) in [5.41, 5.74) is 7.62. The van der Waals surface area contributed by atoms with Crippen LogP contribution in [0.5, 0.6) is 5.75 Å². The van der Waals surface area contributed by atoms with E-state index in [0.717, 1.165) is 42.6 Å². The second-order valence-corrected chi connectivity index (χ2v) is 7.82. The van der Waals surface area contributed by atoms with Crippen molar-refractivity contribution in [2.45, 2.75) is 44.6 Å². The highest BCUT2D eigenvalue weighted by atomic mass is 16.5. The zero-order valence-electron chi connectivity index (χ0n) is 16.7. The fourth-order valence-electron chi connectivity index (χ4n) is 4.07. The van der Waals surface area contributed by atoms with E-state index in [2.05, 4.69) is 5.32 Å². The number of nitrogens with one attached hydrogen (secondary N) is 1. The summed E-state index contributed by atoms with van der Waals surface area (Å²) in [6.07, 6.45) is 4.29. The molecule has 0 heterocycles. The number of hydrogen-bond acceptors (Lipinski definition) is 4. The second-order valence-electron chi connectivity index (χ2n) is 7.82. The molecule has 1 amide bonds. The maximum absolute atomic E-state index is 13.2. The van der Waals surface area contributed by atoms with Gasteiger partial charge < -0.3 is 20.9 Å². The number of carbonyl (C=O) groups excluding carboxylic acids is 1. The van der Waals surface area contributed by atoms with E-state index in [0.29, 0.717) is 12.1 Å². The fraction of sp³-hybridized carbons (Fsp3) is 0.391. The summed E-state index contributed by atoms with van der Waals surface area (Å²) in [7, 11) is 1.62. The highest BCUT2D eigenvalue weighted by molar-refractivity contribution is 5.88. The smallest absolute Gasteiger partial charge is 0.326 e. The molecule has 0 saturated heterocycles. The maximum atomic E-state index is 13.2. The Balaban J connectivity index is 1.74. The lowest BCUT2D eigenvalue weighted by atomic mass is 9.78. The molecule has 0 aromatic heterocycles. The zero-order chi connectivity index (χ0) is 20.9. The summed E-state index contributed by atoms with van der Waals surface area (Å²) < 4.78 is 5.20. The molecule has 0 aliphatic heterocycles. The van der Waals surface area contributed by atoms with E-state index >= 15 is 0 Å². The van der Waals surface area contributed by atoms with Crippen LogP contribution in [0.25, 0.3) is 0 Å². The van der Waals surface area contributed by atoms with E-state index in [9.17, 15) is 14.7 Å². The molecule has 0 radical (unpaired) electrons. The van der Waals surface area contributed by atoms with E-state index < -0.39 is 17.4 Å². The predicted octanol–water partition coefficient (Wildman–Crippen LogP) is 3.19.